The maximum atomic E-state index is 6.16. The van der Waals surface area contributed by atoms with E-state index in [-0.39, 0.29) is 0 Å². The second-order valence-electron chi connectivity index (χ2n) is 4.98. The molecule has 0 aliphatic rings. The van der Waals surface area contributed by atoms with Crippen LogP contribution in [-0.4, -0.2) is 15.0 Å². The van der Waals surface area contributed by atoms with E-state index in [4.69, 9.17) is 11.6 Å². The Bertz CT molecular complexity index is 707. The summed E-state index contributed by atoms with van der Waals surface area (Å²) in [6.45, 7) is 0.750. The summed E-state index contributed by atoms with van der Waals surface area (Å²) in [4.78, 5) is 0. The summed E-state index contributed by atoms with van der Waals surface area (Å²) in [5.41, 5.74) is 3.36. The summed E-state index contributed by atoms with van der Waals surface area (Å²) in [5, 5.41) is 9.22. The Balaban J connectivity index is 1.62. The second kappa shape index (κ2) is 6.55. The molecule has 0 aliphatic carbocycles. The van der Waals surface area contributed by atoms with Gasteiger partial charge in [0, 0.05) is 11.2 Å². The van der Waals surface area contributed by atoms with Crippen LogP contribution >= 0.6 is 11.6 Å². The molecule has 0 fully saturated rings. The van der Waals surface area contributed by atoms with Crippen LogP contribution in [0, 0.1) is 0 Å². The minimum atomic E-state index is 0.750. The van der Waals surface area contributed by atoms with Crippen LogP contribution in [0.25, 0.3) is 0 Å². The van der Waals surface area contributed by atoms with E-state index in [1.54, 1.807) is 0 Å². The lowest BCUT2D eigenvalue weighted by Gasteiger charge is -2.01. The molecule has 21 heavy (non-hydrogen) atoms. The molecule has 1 heterocycles. The van der Waals surface area contributed by atoms with E-state index in [1.165, 1.54) is 5.56 Å². The van der Waals surface area contributed by atoms with E-state index >= 15 is 0 Å². The molecule has 3 rings (SSSR count). The molecule has 0 atom stereocenters. The Morgan fingerprint density at radius 2 is 1.67 bits per heavy atom. The molecule has 0 radical (unpaired) electrons. The van der Waals surface area contributed by atoms with Crippen molar-refractivity contribution < 1.29 is 0 Å². The Kier molecular flexibility index (Phi) is 4.31. The number of aromatic nitrogens is 3. The van der Waals surface area contributed by atoms with Crippen LogP contribution in [-0.2, 0) is 19.4 Å². The topological polar surface area (TPSA) is 30.7 Å². The van der Waals surface area contributed by atoms with Crippen molar-refractivity contribution in [1.29, 1.82) is 0 Å². The van der Waals surface area contributed by atoms with Crippen molar-refractivity contribution >= 4 is 11.6 Å². The summed E-state index contributed by atoms with van der Waals surface area (Å²) in [7, 11) is 0. The highest BCUT2D eigenvalue weighted by molar-refractivity contribution is 6.31. The Hall–Kier alpha value is -2.13. The van der Waals surface area contributed by atoms with Gasteiger partial charge >= 0.3 is 0 Å². The fourth-order valence-corrected chi connectivity index (χ4v) is 2.49. The third kappa shape index (κ3) is 3.70. The minimum Gasteiger partial charge on any atom is -0.248 e. The average molecular weight is 298 g/mol. The third-order valence-electron chi connectivity index (χ3n) is 3.38. The molecule has 0 bridgehead atoms. The molecule has 3 nitrogen and oxygen atoms in total. The molecule has 106 valence electrons. The maximum Gasteiger partial charge on any atom is 0.0830 e. The first-order chi connectivity index (χ1) is 10.3. The normalized spacial score (nSPS) is 10.7. The fourth-order valence-electron chi connectivity index (χ4n) is 2.26. The zero-order chi connectivity index (χ0) is 14.5. The summed E-state index contributed by atoms with van der Waals surface area (Å²) in [5.74, 6) is 0. The van der Waals surface area contributed by atoms with Crippen molar-refractivity contribution in [2.45, 2.75) is 19.4 Å². The zero-order valence-electron chi connectivity index (χ0n) is 11.6. The monoisotopic (exact) mass is 297 g/mol. The molecule has 3 aromatic rings. The van der Waals surface area contributed by atoms with Crippen molar-refractivity contribution in [1.82, 2.24) is 15.0 Å². The van der Waals surface area contributed by atoms with Crippen molar-refractivity contribution in [3.8, 4) is 0 Å². The lowest BCUT2D eigenvalue weighted by atomic mass is 10.1. The number of aryl methyl sites for hydroxylation is 2. The second-order valence-corrected chi connectivity index (χ2v) is 5.39. The van der Waals surface area contributed by atoms with Crippen molar-refractivity contribution in [3.63, 3.8) is 0 Å². The molecular weight excluding hydrogens is 282 g/mol. The first-order valence-electron chi connectivity index (χ1n) is 6.97. The molecule has 0 unspecified atom stereocenters. The lowest BCUT2D eigenvalue weighted by Crippen LogP contribution is -1.99. The van der Waals surface area contributed by atoms with Gasteiger partial charge in [0.2, 0.25) is 0 Å². The standard InChI is InChI=1S/C17H16ClN3/c18-17-9-5-4-8-15(17)10-11-16-13-21(20-19-16)12-14-6-2-1-3-7-14/h1-9,13H,10-12H2. The number of hydrogen-bond acceptors (Lipinski definition) is 2. The Morgan fingerprint density at radius 1 is 0.905 bits per heavy atom. The number of nitrogens with zero attached hydrogens (tertiary/aromatic N) is 3. The highest BCUT2D eigenvalue weighted by Gasteiger charge is 2.04. The van der Waals surface area contributed by atoms with Gasteiger partial charge in [0.15, 0.2) is 0 Å². The summed E-state index contributed by atoms with van der Waals surface area (Å²) < 4.78 is 1.87. The number of hydrogen-bond donors (Lipinski definition) is 0. The van der Waals surface area contributed by atoms with Gasteiger partial charge in [-0.15, -0.1) is 5.10 Å². The SMILES string of the molecule is Clc1ccccc1CCc1cn(Cc2ccccc2)nn1. The molecule has 1 aromatic heterocycles. The van der Waals surface area contributed by atoms with Gasteiger partial charge in [-0.25, -0.2) is 4.68 Å². The highest BCUT2D eigenvalue weighted by Crippen LogP contribution is 2.16. The first kappa shape index (κ1) is 13.8. The molecule has 2 aromatic carbocycles. The van der Waals surface area contributed by atoms with E-state index in [2.05, 4.69) is 28.5 Å². The van der Waals surface area contributed by atoms with Gasteiger partial charge in [0.25, 0.3) is 0 Å². The van der Waals surface area contributed by atoms with Gasteiger partial charge in [-0.3, -0.25) is 0 Å². The maximum absolute atomic E-state index is 6.16. The first-order valence-corrected chi connectivity index (χ1v) is 7.35. The molecule has 0 saturated heterocycles. The molecule has 0 aliphatic heterocycles. The molecule has 0 amide bonds. The number of halogens is 1. The van der Waals surface area contributed by atoms with Crippen LogP contribution in [0.15, 0.2) is 60.8 Å². The summed E-state index contributed by atoms with van der Waals surface area (Å²) in [6, 6.07) is 18.2. The van der Waals surface area contributed by atoms with Crippen molar-refractivity contribution in [2.75, 3.05) is 0 Å². The van der Waals surface area contributed by atoms with Gasteiger partial charge in [0.05, 0.1) is 12.2 Å². The van der Waals surface area contributed by atoms with Gasteiger partial charge in [-0.1, -0.05) is 65.3 Å². The smallest absolute Gasteiger partial charge is 0.0830 e. The molecular formula is C17H16ClN3. The van der Waals surface area contributed by atoms with Gasteiger partial charge < -0.3 is 0 Å². The van der Waals surface area contributed by atoms with E-state index in [1.807, 2.05) is 47.3 Å². The highest BCUT2D eigenvalue weighted by atomic mass is 35.5. The van der Waals surface area contributed by atoms with Crippen LogP contribution in [0.5, 0.6) is 0 Å². The van der Waals surface area contributed by atoms with Crippen molar-refractivity contribution in [2.24, 2.45) is 0 Å². The van der Waals surface area contributed by atoms with Crippen LogP contribution in [0.3, 0.4) is 0 Å². The molecule has 0 N–H and O–H groups in total. The van der Waals surface area contributed by atoms with Gasteiger partial charge in [-0.2, -0.15) is 0 Å². The number of rotatable bonds is 5. The van der Waals surface area contributed by atoms with Crippen LogP contribution in [0.2, 0.25) is 5.02 Å². The lowest BCUT2D eigenvalue weighted by molar-refractivity contribution is 0.649. The van der Waals surface area contributed by atoms with Crippen LogP contribution in [0.1, 0.15) is 16.8 Å². The third-order valence-corrected chi connectivity index (χ3v) is 3.75. The predicted molar refractivity (Wildman–Crippen MR) is 84.4 cm³/mol. The van der Waals surface area contributed by atoms with E-state index in [0.717, 1.165) is 35.7 Å². The summed E-state index contributed by atoms with van der Waals surface area (Å²) in [6.07, 6.45) is 3.73. The van der Waals surface area contributed by atoms with E-state index < -0.39 is 0 Å². The van der Waals surface area contributed by atoms with Crippen LogP contribution < -0.4 is 0 Å². The Morgan fingerprint density at radius 3 is 2.48 bits per heavy atom. The zero-order valence-corrected chi connectivity index (χ0v) is 12.4. The van der Waals surface area contributed by atoms with E-state index in [9.17, 15) is 0 Å². The molecule has 0 saturated carbocycles. The fraction of sp³-hybridized carbons (Fsp3) is 0.176. The average Bonchev–Trinajstić information content (AvgIpc) is 2.95. The Labute approximate surface area is 129 Å². The van der Waals surface area contributed by atoms with Gasteiger partial charge in [-0.05, 0) is 30.0 Å². The predicted octanol–water partition coefficient (Wildman–Crippen LogP) is 3.77. The quantitative estimate of drug-likeness (QED) is 0.718. The minimum absolute atomic E-state index is 0.750. The van der Waals surface area contributed by atoms with Gasteiger partial charge in [0.1, 0.15) is 0 Å². The van der Waals surface area contributed by atoms with Crippen molar-refractivity contribution in [3.05, 3.63) is 82.6 Å². The van der Waals surface area contributed by atoms with E-state index in [0.29, 0.717) is 0 Å². The largest absolute Gasteiger partial charge is 0.248 e. The summed E-state index contributed by atoms with van der Waals surface area (Å²) >= 11 is 6.16. The molecule has 4 heteroatoms. The number of benzene rings is 2. The molecule has 0 spiro atoms. The van der Waals surface area contributed by atoms with Crippen LogP contribution in [0.4, 0.5) is 0 Å².